The lowest BCUT2D eigenvalue weighted by Crippen LogP contribution is -2.51. The number of aliphatic hydroxyl groups is 1. The number of β-amino-alcohol motifs (C(OH)–C–C–N with tert-alkyl or cyclic N) is 1. The van der Waals surface area contributed by atoms with Crippen LogP contribution in [0.15, 0.2) is 42.6 Å². The van der Waals surface area contributed by atoms with Crippen LogP contribution in [0, 0.1) is 6.92 Å². The van der Waals surface area contributed by atoms with Crippen LogP contribution in [0.25, 0.3) is 21.0 Å². The van der Waals surface area contributed by atoms with Gasteiger partial charge >= 0.3 is 0 Å². The Morgan fingerprint density at radius 1 is 1.20 bits per heavy atom. The second-order valence-corrected chi connectivity index (χ2v) is 9.74. The number of thiazole rings is 1. The lowest BCUT2D eigenvalue weighted by Gasteiger charge is -2.40. The van der Waals surface area contributed by atoms with Crippen LogP contribution in [-0.4, -0.2) is 40.3 Å². The summed E-state index contributed by atoms with van der Waals surface area (Å²) >= 11 is 1.76. The standard InChI is InChI=1S/C25H28N2O2S/c1-15(2)29-23-10-7-17(11-16(23)3)25-26-12-24(30-25)21-6-4-5-20-19(21)8-9-22(20)27-13-18(28)14-27/h4-7,10-12,15,18,22,28H,8-9,13-14H2,1-3H3. The number of ether oxygens (including phenoxy) is 1. The second kappa shape index (κ2) is 7.80. The number of hydrogen-bond acceptors (Lipinski definition) is 5. The number of fused-ring (bicyclic) bond motifs is 1. The van der Waals surface area contributed by atoms with Crippen molar-refractivity contribution in [2.45, 2.75) is 51.9 Å². The van der Waals surface area contributed by atoms with Crippen molar-refractivity contribution < 1.29 is 9.84 Å². The molecule has 2 aromatic carbocycles. The summed E-state index contributed by atoms with van der Waals surface area (Å²) in [6, 6.07) is 13.4. The molecule has 1 aliphatic heterocycles. The molecule has 1 aromatic heterocycles. The van der Waals surface area contributed by atoms with Crippen molar-refractivity contribution in [2.75, 3.05) is 13.1 Å². The van der Waals surface area contributed by atoms with Gasteiger partial charge in [-0.05, 0) is 74.1 Å². The van der Waals surface area contributed by atoms with Crippen molar-refractivity contribution in [3.8, 4) is 26.8 Å². The molecule has 2 aliphatic rings. The first-order valence-electron chi connectivity index (χ1n) is 10.8. The zero-order chi connectivity index (χ0) is 20.8. The molecule has 30 heavy (non-hydrogen) atoms. The summed E-state index contributed by atoms with van der Waals surface area (Å²) in [5.41, 5.74) is 6.48. The number of aromatic nitrogens is 1. The van der Waals surface area contributed by atoms with Crippen molar-refractivity contribution in [2.24, 2.45) is 0 Å². The molecule has 1 saturated heterocycles. The van der Waals surface area contributed by atoms with Gasteiger partial charge in [0.15, 0.2) is 0 Å². The fourth-order valence-electron chi connectivity index (χ4n) is 4.69. The predicted molar refractivity (Wildman–Crippen MR) is 122 cm³/mol. The van der Waals surface area contributed by atoms with E-state index in [2.05, 4.69) is 48.2 Å². The van der Waals surface area contributed by atoms with Gasteiger partial charge in [0.25, 0.3) is 0 Å². The van der Waals surface area contributed by atoms with Gasteiger partial charge in [0.05, 0.1) is 17.1 Å². The van der Waals surface area contributed by atoms with E-state index in [-0.39, 0.29) is 12.2 Å². The average molecular weight is 421 g/mol. The monoisotopic (exact) mass is 420 g/mol. The van der Waals surface area contributed by atoms with Gasteiger partial charge in [-0.1, -0.05) is 18.2 Å². The zero-order valence-electron chi connectivity index (χ0n) is 17.8. The van der Waals surface area contributed by atoms with Crippen molar-refractivity contribution in [3.05, 3.63) is 59.3 Å². The minimum Gasteiger partial charge on any atom is -0.491 e. The molecule has 0 spiro atoms. The van der Waals surface area contributed by atoms with Gasteiger partial charge in [-0.25, -0.2) is 4.98 Å². The maximum atomic E-state index is 9.69. The van der Waals surface area contributed by atoms with Crippen LogP contribution >= 0.6 is 11.3 Å². The van der Waals surface area contributed by atoms with Crippen molar-refractivity contribution in [3.63, 3.8) is 0 Å². The van der Waals surface area contributed by atoms with Gasteiger partial charge in [-0.2, -0.15) is 0 Å². The van der Waals surface area contributed by atoms with Gasteiger partial charge in [0.1, 0.15) is 10.8 Å². The molecular weight excluding hydrogens is 392 g/mol. The van der Waals surface area contributed by atoms with Crippen LogP contribution in [0.1, 0.15) is 43.0 Å². The van der Waals surface area contributed by atoms with Crippen molar-refractivity contribution in [1.82, 2.24) is 9.88 Å². The lowest BCUT2D eigenvalue weighted by molar-refractivity contribution is -0.0251. The number of aliphatic hydroxyl groups excluding tert-OH is 1. The quantitative estimate of drug-likeness (QED) is 0.613. The Labute approximate surface area is 182 Å². The molecule has 1 unspecified atom stereocenters. The maximum Gasteiger partial charge on any atom is 0.123 e. The highest BCUT2D eigenvalue weighted by molar-refractivity contribution is 7.18. The molecule has 0 bridgehead atoms. The van der Waals surface area contributed by atoms with Crippen LogP contribution in [0.4, 0.5) is 0 Å². The van der Waals surface area contributed by atoms with Crippen molar-refractivity contribution in [1.29, 1.82) is 0 Å². The summed E-state index contributed by atoms with van der Waals surface area (Å²) in [4.78, 5) is 8.38. The van der Waals surface area contributed by atoms with Crippen LogP contribution in [0.3, 0.4) is 0 Å². The molecule has 5 heteroatoms. The van der Waals surface area contributed by atoms with E-state index < -0.39 is 0 Å². The first-order valence-corrected chi connectivity index (χ1v) is 11.6. The van der Waals surface area contributed by atoms with Crippen molar-refractivity contribution >= 4 is 11.3 Å². The number of hydrogen-bond donors (Lipinski definition) is 1. The van der Waals surface area contributed by atoms with Gasteiger partial charge < -0.3 is 9.84 Å². The number of likely N-dealkylation sites (tertiary alicyclic amines) is 1. The zero-order valence-corrected chi connectivity index (χ0v) is 18.6. The van der Waals surface area contributed by atoms with E-state index in [1.54, 1.807) is 11.3 Å². The molecule has 4 nitrogen and oxygen atoms in total. The summed E-state index contributed by atoms with van der Waals surface area (Å²) in [6.45, 7) is 7.79. The molecule has 1 aliphatic carbocycles. The fraction of sp³-hybridized carbons (Fsp3) is 0.400. The second-order valence-electron chi connectivity index (χ2n) is 8.71. The molecule has 0 amide bonds. The van der Waals surface area contributed by atoms with E-state index in [4.69, 9.17) is 9.72 Å². The van der Waals surface area contributed by atoms with E-state index in [0.29, 0.717) is 6.04 Å². The van der Waals surface area contributed by atoms with Crippen LogP contribution in [0.5, 0.6) is 5.75 Å². The molecule has 1 atom stereocenters. The summed E-state index contributed by atoms with van der Waals surface area (Å²) < 4.78 is 5.87. The van der Waals surface area contributed by atoms with Gasteiger partial charge in [-0.15, -0.1) is 11.3 Å². The molecule has 5 rings (SSSR count). The van der Waals surface area contributed by atoms with Gasteiger partial charge in [-0.3, -0.25) is 4.90 Å². The highest BCUT2D eigenvalue weighted by Crippen LogP contribution is 2.44. The molecule has 3 aromatic rings. The highest BCUT2D eigenvalue weighted by atomic mass is 32.1. The normalized spacial score (nSPS) is 19.2. The average Bonchev–Trinajstić information content (AvgIpc) is 3.34. The summed E-state index contributed by atoms with van der Waals surface area (Å²) in [7, 11) is 0. The number of aryl methyl sites for hydroxylation is 1. The van der Waals surface area contributed by atoms with Gasteiger partial charge in [0, 0.05) is 30.9 Å². The molecule has 0 radical (unpaired) electrons. The number of benzene rings is 2. The van der Waals surface area contributed by atoms with Crippen LogP contribution < -0.4 is 4.74 Å². The molecule has 156 valence electrons. The first-order chi connectivity index (χ1) is 14.5. The smallest absolute Gasteiger partial charge is 0.123 e. The third-order valence-corrected chi connectivity index (χ3v) is 7.21. The maximum absolute atomic E-state index is 9.69. The first kappa shape index (κ1) is 19.7. The Hall–Kier alpha value is -2.21. The number of rotatable bonds is 5. The van der Waals surface area contributed by atoms with Crippen LogP contribution in [-0.2, 0) is 6.42 Å². The Kier molecular flexibility index (Phi) is 5.13. The predicted octanol–water partition coefficient (Wildman–Crippen LogP) is 5.24. The van der Waals surface area contributed by atoms with Gasteiger partial charge in [0.2, 0.25) is 0 Å². The summed E-state index contributed by atoms with van der Waals surface area (Å²) in [6.07, 6.45) is 4.27. The largest absolute Gasteiger partial charge is 0.491 e. The molecule has 1 fully saturated rings. The Morgan fingerprint density at radius 3 is 2.77 bits per heavy atom. The third-order valence-electron chi connectivity index (χ3n) is 6.13. The van der Waals surface area contributed by atoms with E-state index in [0.717, 1.165) is 47.8 Å². The third kappa shape index (κ3) is 3.55. The van der Waals surface area contributed by atoms with E-state index in [1.165, 1.54) is 21.6 Å². The molecule has 0 saturated carbocycles. The van der Waals surface area contributed by atoms with E-state index >= 15 is 0 Å². The Balaban J connectivity index is 1.42. The molecule has 1 N–H and O–H groups in total. The summed E-state index contributed by atoms with van der Waals surface area (Å²) in [5.74, 6) is 0.938. The highest BCUT2D eigenvalue weighted by Gasteiger charge is 2.36. The fourth-order valence-corrected chi connectivity index (χ4v) is 5.65. The molecule has 2 heterocycles. The number of nitrogens with zero attached hydrogens (tertiary/aromatic N) is 2. The minimum atomic E-state index is -0.151. The minimum absolute atomic E-state index is 0.151. The van der Waals surface area contributed by atoms with Crippen LogP contribution in [0.2, 0.25) is 0 Å². The van der Waals surface area contributed by atoms with E-state index in [1.807, 2.05) is 20.0 Å². The Morgan fingerprint density at radius 2 is 2.03 bits per heavy atom. The Bertz CT molecular complexity index is 1070. The topological polar surface area (TPSA) is 45.6 Å². The molecular formula is C25H28N2O2S. The summed E-state index contributed by atoms with van der Waals surface area (Å²) in [5, 5.41) is 10.7. The lowest BCUT2D eigenvalue weighted by atomic mass is 9.99. The SMILES string of the molecule is Cc1cc(-c2ncc(-c3cccc4c3CCC4N3CC(O)C3)s2)ccc1OC(C)C. The van der Waals surface area contributed by atoms with E-state index in [9.17, 15) is 5.11 Å².